The number of aromatic nitrogens is 2. The molecule has 0 aliphatic rings. The van der Waals surface area contributed by atoms with E-state index in [2.05, 4.69) is 9.97 Å². The standard InChI is InChI=1S/C13H14ClN3/c1-17(2)9-13-15-11(8-12(14)16-13)10-6-4-3-5-7-10/h3-8H,9H2,1-2H3. The van der Waals surface area contributed by atoms with Gasteiger partial charge in [-0.15, -0.1) is 0 Å². The number of benzene rings is 1. The maximum Gasteiger partial charge on any atom is 0.144 e. The molecule has 0 aliphatic heterocycles. The van der Waals surface area contributed by atoms with Crippen molar-refractivity contribution in [3.8, 4) is 11.3 Å². The van der Waals surface area contributed by atoms with Crippen molar-refractivity contribution in [1.29, 1.82) is 0 Å². The average Bonchev–Trinajstić information content (AvgIpc) is 2.28. The molecule has 4 heteroatoms. The van der Waals surface area contributed by atoms with Crippen molar-refractivity contribution < 1.29 is 0 Å². The van der Waals surface area contributed by atoms with Crippen LogP contribution in [0.1, 0.15) is 5.82 Å². The molecule has 0 atom stereocenters. The van der Waals surface area contributed by atoms with E-state index in [1.54, 1.807) is 6.07 Å². The Kier molecular flexibility index (Phi) is 3.71. The van der Waals surface area contributed by atoms with Gasteiger partial charge in [0.25, 0.3) is 0 Å². The molecule has 0 bridgehead atoms. The summed E-state index contributed by atoms with van der Waals surface area (Å²) >= 11 is 6.01. The van der Waals surface area contributed by atoms with E-state index < -0.39 is 0 Å². The smallest absolute Gasteiger partial charge is 0.144 e. The summed E-state index contributed by atoms with van der Waals surface area (Å²) in [6.07, 6.45) is 0. The zero-order chi connectivity index (χ0) is 12.3. The van der Waals surface area contributed by atoms with Gasteiger partial charge in [-0.1, -0.05) is 41.9 Å². The van der Waals surface area contributed by atoms with E-state index in [1.165, 1.54) is 0 Å². The van der Waals surface area contributed by atoms with Crippen LogP contribution in [0, 0.1) is 0 Å². The van der Waals surface area contributed by atoms with Crippen molar-refractivity contribution in [2.24, 2.45) is 0 Å². The van der Waals surface area contributed by atoms with Gasteiger partial charge in [-0.05, 0) is 14.1 Å². The number of halogens is 1. The minimum atomic E-state index is 0.482. The molecule has 2 aromatic rings. The normalized spacial score (nSPS) is 10.8. The average molecular weight is 248 g/mol. The molecule has 0 amide bonds. The monoisotopic (exact) mass is 247 g/mol. The van der Waals surface area contributed by atoms with E-state index in [9.17, 15) is 0 Å². The second-order valence-electron chi connectivity index (χ2n) is 4.10. The SMILES string of the molecule is CN(C)Cc1nc(Cl)cc(-c2ccccc2)n1. The zero-order valence-electron chi connectivity index (χ0n) is 9.89. The van der Waals surface area contributed by atoms with Crippen molar-refractivity contribution in [2.75, 3.05) is 14.1 Å². The molecule has 0 N–H and O–H groups in total. The fourth-order valence-corrected chi connectivity index (χ4v) is 1.78. The summed E-state index contributed by atoms with van der Waals surface area (Å²) in [5.74, 6) is 0.737. The molecule has 0 aliphatic carbocycles. The fraction of sp³-hybridized carbons (Fsp3) is 0.231. The summed E-state index contributed by atoms with van der Waals surface area (Å²) in [6.45, 7) is 0.681. The van der Waals surface area contributed by atoms with Crippen LogP contribution >= 0.6 is 11.6 Å². The summed E-state index contributed by atoms with van der Waals surface area (Å²) < 4.78 is 0. The maximum absolute atomic E-state index is 6.01. The Labute approximate surface area is 106 Å². The molecular formula is C13H14ClN3. The van der Waals surface area contributed by atoms with Crippen LogP contribution in [0.5, 0.6) is 0 Å². The summed E-state index contributed by atoms with van der Waals surface area (Å²) in [5.41, 5.74) is 1.92. The molecule has 0 fully saturated rings. The first-order valence-electron chi connectivity index (χ1n) is 5.39. The Morgan fingerprint density at radius 1 is 1.12 bits per heavy atom. The zero-order valence-corrected chi connectivity index (χ0v) is 10.6. The lowest BCUT2D eigenvalue weighted by atomic mass is 10.1. The first-order chi connectivity index (χ1) is 8.15. The molecule has 17 heavy (non-hydrogen) atoms. The van der Waals surface area contributed by atoms with E-state index in [0.717, 1.165) is 17.1 Å². The van der Waals surface area contributed by atoms with Crippen LogP contribution in [0.15, 0.2) is 36.4 Å². The third-order valence-electron chi connectivity index (χ3n) is 2.27. The van der Waals surface area contributed by atoms with Crippen molar-refractivity contribution >= 4 is 11.6 Å². The molecule has 0 spiro atoms. The van der Waals surface area contributed by atoms with E-state index in [4.69, 9.17) is 11.6 Å². The Balaban J connectivity index is 2.38. The molecule has 1 heterocycles. The molecule has 1 aromatic carbocycles. The highest BCUT2D eigenvalue weighted by atomic mass is 35.5. The molecule has 0 radical (unpaired) electrons. The quantitative estimate of drug-likeness (QED) is 0.781. The van der Waals surface area contributed by atoms with Crippen LogP contribution in [0.25, 0.3) is 11.3 Å². The largest absolute Gasteiger partial charge is 0.302 e. The minimum absolute atomic E-state index is 0.482. The van der Waals surface area contributed by atoms with E-state index in [0.29, 0.717) is 11.7 Å². The Morgan fingerprint density at radius 3 is 2.47 bits per heavy atom. The van der Waals surface area contributed by atoms with Gasteiger partial charge in [0.05, 0.1) is 12.2 Å². The molecule has 0 saturated carbocycles. The van der Waals surface area contributed by atoms with Gasteiger partial charge in [-0.3, -0.25) is 0 Å². The number of rotatable bonds is 3. The van der Waals surface area contributed by atoms with E-state index in [-0.39, 0.29) is 0 Å². The van der Waals surface area contributed by atoms with Gasteiger partial charge < -0.3 is 4.90 Å². The molecule has 3 nitrogen and oxygen atoms in total. The third-order valence-corrected chi connectivity index (χ3v) is 2.46. The van der Waals surface area contributed by atoms with Crippen LogP contribution in [-0.4, -0.2) is 29.0 Å². The molecule has 2 rings (SSSR count). The Hall–Kier alpha value is -1.45. The van der Waals surface area contributed by atoms with Gasteiger partial charge in [0.2, 0.25) is 0 Å². The second kappa shape index (κ2) is 5.25. The lowest BCUT2D eigenvalue weighted by Gasteiger charge is -2.09. The molecule has 0 unspecified atom stereocenters. The number of nitrogens with zero attached hydrogens (tertiary/aromatic N) is 3. The Bertz CT molecular complexity index is 497. The number of hydrogen-bond acceptors (Lipinski definition) is 3. The molecule has 88 valence electrons. The van der Waals surface area contributed by atoms with Crippen LogP contribution in [0.3, 0.4) is 0 Å². The molecular weight excluding hydrogens is 234 g/mol. The molecule has 1 aromatic heterocycles. The van der Waals surface area contributed by atoms with Crippen LogP contribution in [0.2, 0.25) is 5.15 Å². The van der Waals surface area contributed by atoms with Gasteiger partial charge >= 0.3 is 0 Å². The lowest BCUT2D eigenvalue weighted by Crippen LogP contribution is -2.13. The summed E-state index contributed by atoms with van der Waals surface area (Å²) in [4.78, 5) is 10.7. The van der Waals surface area contributed by atoms with Gasteiger partial charge in [-0.25, -0.2) is 9.97 Å². The van der Waals surface area contributed by atoms with Gasteiger partial charge in [0.1, 0.15) is 11.0 Å². The lowest BCUT2D eigenvalue weighted by molar-refractivity contribution is 0.390. The first-order valence-corrected chi connectivity index (χ1v) is 5.76. The van der Waals surface area contributed by atoms with Crippen LogP contribution < -0.4 is 0 Å². The predicted octanol–water partition coefficient (Wildman–Crippen LogP) is 2.86. The fourth-order valence-electron chi connectivity index (χ4n) is 1.58. The summed E-state index contributed by atoms with van der Waals surface area (Å²) in [7, 11) is 3.96. The van der Waals surface area contributed by atoms with E-state index in [1.807, 2.05) is 49.3 Å². The predicted molar refractivity (Wildman–Crippen MR) is 69.9 cm³/mol. The van der Waals surface area contributed by atoms with Crippen LogP contribution in [0.4, 0.5) is 0 Å². The highest BCUT2D eigenvalue weighted by Gasteiger charge is 2.06. The van der Waals surface area contributed by atoms with Gasteiger partial charge in [-0.2, -0.15) is 0 Å². The summed E-state index contributed by atoms with van der Waals surface area (Å²) in [6, 6.07) is 11.8. The number of hydrogen-bond donors (Lipinski definition) is 0. The van der Waals surface area contributed by atoms with E-state index >= 15 is 0 Å². The van der Waals surface area contributed by atoms with Crippen molar-refractivity contribution in [3.63, 3.8) is 0 Å². The van der Waals surface area contributed by atoms with Crippen molar-refractivity contribution in [1.82, 2.24) is 14.9 Å². The molecule has 0 saturated heterocycles. The van der Waals surface area contributed by atoms with Crippen molar-refractivity contribution in [3.05, 3.63) is 47.4 Å². The van der Waals surface area contributed by atoms with Crippen LogP contribution in [-0.2, 0) is 6.54 Å². The van der Waals surface area contributed by atoms with Gasteiger partial charge in [0, 0.05) is 11.6 Å². The second-order valence-corrected chi connectivity index (χ2v) is 4.48. The Morgan fingerprint density at radius 2 is 1.82 bits per heavy atom. The maximum atomic E-state index is 6.01. The first kappa shape index (κ1) is 12.0. The minimum Gasteiger partial charge on any atom is -0.302 e. The topological polar surface area (TPSA) is 29.0 Å². The highest BCUT2D eigenvalue weighted by Crippen LogP contribution is 2.19. The highest BCUT2D eigenvalue weighted by molar-refractivity contribution is 6.29. The summed E-state index contributed by atoms with van der Waals surface area (Å²) in [5, 5.41) is 0.482. The third kappa shape index (κ3) is 3.25. The van der Waals surface area contributed by atoms with Gasteiger partial charge in [0.15, 0.2) is 0 Å². The van der Waals surface area contributed by atoms with Crippen molar-refractivity contribution in [2.45, 2.75) is 6.54 Å².